The van der Waals surface area contributed by atoms with Crippen LogP contribution in [0.25, 0.3) is 0 Å². The van der Waals surface area contributed by atoms with E-state index in [-0.39, 0.29) is 12.8 Å². The maximum Gasteiger partial charge on any atom is 0.327 e. The van der Waals surface area contributed by atoms with Gasteiger partial charge in [0.05, 0.1) is 0 Å². The van der Waals surface area contributed by atoms with Crippen LogP contribution in [0.5, 0.6) is 0 Å². The molecule has 0 aliphatic carbocycles. The fraction of sp³-hybridized carbons (Fsp3) is 0.833. The van der Waals surface area contributed by atoms with Crippen molar-refractivity contribution in [3.8, 4) is 0 Å². The highest BCUT2D eigenvalue weighted by Crippen LogP contribution is 2.19. The molecule has 8 heteroatoms. The molecule has 0 bridgehead atoms. The van der Waals surface area contributed by atoms with E-state index >= 15 is 0 Å². The molecule has 0 aromatic carbocycles. The first-order valence-electron chi connectivity index (χ1n) is 9.56. The Kier molecular flexibility index (Phi) is 14.1. The van der Waals surface area contributed by atoms with Crippen LogP contribution in [-0.4, -0.2) is 33.0 Å². The van der Waals surface area contributed by atoms with Gasteiger partial charge in [-0.1, -0.05) is 51.5 Å². The minimum Gasteiger partial charge on any atom is -0.478 e. The molecule has 0 saturated carbocycles. The molecule has 0 aromatic rings. The van der Waals surface area contributed by atoms with Crippen LogP contribution in [0.2, 0.25) is 0 Å². The Labute approximate surface area is 155 Å². The molecule has 0 fully saturated rings. The highest BCUT2D eigenvalue weighted by Gasteiger charge is 2.39. The van der Waals surface area contributed by atoms with Crippen LogP contribution in [0.3, 0.4) is 0 Å². The second-order valence-corrected chi connectivity index (χ2v) is 6.64. The van der Waals surface area contributed by atoms with Gasteiger partial charge in [0.15, 0.2) is 0 Å². The van der Waals surface area contributed by atoms with E-state index in [0.29, 0.717) is 25.7 Å². The maximum atomic E-state index is 11.3. The van der Waals surface area contributed by atoms with E-state index in [1.54, 1.807) is 6.08 Å². The third kappa shape index (κ3) is 12.4. The zero-order valence-corrected chi connectivity index (χ0v) is 15.7. The van der Waals surface area contributed by atoms with Gasteiger partial charge in [-0.3, -0.25) is 20.2 Å². The SMILES string of the molecule is CCCCCCCCC(C(CCCCC/C=C/C(=O)O)[N+](=O)[O-])[N+](=O)[O-]. The first-order chi connectivity index (χ1) is 12.4. The van der Waals surface area contributed by atoms with E-state index in [4.69, 9.17) is 5.11 Å². The van der Waals surface area contributed by atoms with Crippen LogP contribution in [0.1, 0.15) is 84.0 Å². The van der Waals surface area contributed by atoms with Crippen LogP contribution in [0, 0.1) is 20.2 Å². The summed E-state index contributed by atoms with van der Waals surface area (Å²) in [5.41, 5.74) is 0. The number of hydrogen-bond donors (Lipinski definition) is 1. The second-order valence-electron chi connectivity index (χ2n) is 6.64. The Morgan fingerprint density at radius 3 is 1.81 bits per heavy atom. The number of nitro groups is 2. The zero-order valence-electron chi connectivity index (χ0n) is 15.7. The van der Waals surface area contributed by atoms with Crippen LogP contribution in [0.15, 0.2) is 12.2 Å². The summed E-state index contributed by atoms with van der Waals surface area (Å²) in [5.74, 6) is -0.998. The number of rotatable bonds is 17. The van der Waals surface area contributed by atoms with Crippen molar-refractivity contribution < 1.29 is 19.7 Å². The van der Waals surface area contributed by atoms with Crippen LogP contribution in [-0.2, 0) is 4.79 Å². The van der Waals surface area contributed by atoms with Crippen molar-refractivity contribution >= 4 is 5.97 Å². The van der Waals surface area contributed by atoms with E-state index in [0.717, 1.165) is 44.6 Å². The number of hydrogen-bond acceptors (Lipinski definition) is 5. The molecule has 1 N–H and O–H groups in total. The normalized spacial score (nSPS) is 13.6. The number of carboxylic acid groups (broad SMARTS) is 1. The molecule has 0 aliphatic rings. The summed E-state index contributed by atoms with van der Waals surface area (Å²) in [6, 6.07) is -2.27. The highest BCUT2D eigenvalue weighted by molar-refractivity contribution is 5.79. The predicted octanol–water partition coefficient (Wildman–Crippen LogP) is 4.62. The quantitative estimate of drug-likeness (QED) is 0.172. The smallest absolute Gasteiger partial charge is 0.327 e. The monoisotopic (exact) mass is 372 g/mol. The fourth-order valence-corrected chi connectivity index (χ4v) is 2.99. The highest BCUT2D eigenvalue weighted by atomic mass is 16.6. The number of carboxylic acids is 1. The third-order valence-electron chi connectivity index (χ3n) is 4.47. The molecule has 0 spiro atoms. The Hall–Kier alpha value is -1.99. The van der Waals surface area contributed by atoms with E-state index in [2.05, 4.69) is 6.92 Å². The van der Waals surface area contributed by atoms with E-state index in [9.17, 15) is 25.0 Å². The molecule has 0 aliphatic heterocycles. The van der Waals surface area contributed by atoms with Gasteiger partial charge in [-0.05, 0) is 25.7 Å². The number of carbonyl (C=O) groups is 1. The molecule has 2 unspecified atom stereocenters. The van der Waals surface area contributed by atoms with Crippen molar-refractivity contribution in [2.75, 3.05) is 0 Å². The zero-order chi connectivity index (χ0) is 19.8. The minimum absolute atomic E-state index is 0.192. The van der Waals surface area contributed by atoms with Crippen molar-refractivity contribution in [2.24, 2.45) is 0 Å². The van der Waals surface area contributed by atoms with E-state index < -0.39 is 27.9 Å². The van der Waals surface area contributed by atoms with Gasteiger partial charge in [0.2, 0.25) is 0 Å². The van der Waals surface area contributed by atoms with Crippen LogP contribution >= 0.6 is 0 Å². The number of aliphatic carboxylic acids is 1. The van der Waals surface area contributed by atoms with Crippen molar-refractivity contribution in [3.63, 3.8) is 0 Å². The average Bonchev–Trinajstić information content (AvgIpc) is 2.57. The van der Waals surface area contributed by atoms with E-state index in [1.807, 2.05) is 0 Å². The predicted molar refractivity (Wildman–Crippen MR) is 99.4 cm³/mol. The molecule has 150 valence electrons. The summed E-state index contributed by atoms with van der Waals surface area (Å²) in [7, 11) is 0. The van der Waals surface area contributed by atoms with Crippen molar-refractivity contribution in [2.45, 2.75) is 96.1 Å². The molecule has 0 rings (SSSR count). The first kappa shape index (κ1) is 24.0. The van der Waals surface area contributed by atoms with Gasteiger partial charge in [0, 0.05) is 28.8 Å². The topological polar surface area (TPSA) is 124 Å². The van der Waals surface area contributed by atoms with Crippen molar-refractivity contribution in [3.05, 3.63) is 32.4 Å². The Morgan fingerprint density at radius 2 is 1.35 bits per heavy atom. The van der Waals surface area contributed by atoms with Gasteiger partial charge in [0.1, 0.15) is 0 Å². The Balaban J connectivity index is 4.26. The lowest BCUT2D eigenvalue weighted by molar-refractivity contribution is -0.618. The molecule has 0 aromatic heterocycles. The molecular formula is C18H32N2O6. The standard InChI is InChI=1S/C18H32N2O6/c1-2-3-4-5-7-10-13-16(19(23)24)17(20(25)26)14-11-8-6-9-12-15-18(21)22/h12,15-17H,2-11,13-14H2,1H3,(H,21,22)/b15-12+. The van der Waals surface area contributed by atoms with E-state index in [1.165, 1.54) is 0 Å². The minimum atomic E-state index is -1.14. The van der Waals surface area contributed by atoms with Gasteiger partial charge in [-0.25, -0.2) is 4.79 Å². The maximum absolute atomic E-state index is 11.3. The van der Waals surface area contributed by atoms with Gasteiger partial charge in [0.25, 0.3) is 12.1 Å². The summed E-state index contributed by atoms with van der Waals surface area (Å²) in [4.78, 5) is 31.9. The summed E-state index contributed by atoms with van der Waals surface area (Å²) in [6.45, 7) is 2.12. The average molecular weight is 372 g/mol. The lowest BCUT2D eigenvalue weighted by Gasteiger charge is -2.14. The molecule has 2 atom stereocenters. The van der Waals surface area contributed by atoms with Crippen LogP contribution < -0.4 is 0 Å². The van der Waals surface area contributed by atoms with Gasteiger partial charge in [-0.2, -0.15) is 0 Å². The molecule has 0 heterocycles. The van der Waals surface area contributed by atoms with Gasteiger partial charge < -0.3 is 5.11 Å². The Bertz CT molecular complexity index is 453. The van der Waals surface area contributed by atoms with Gasteiger partial charge >= 0.3 is 5.97 Å². The largest absolute Gasteiger partial charge is 0.478 e. The number of unbranched alkanes of at least 4 members (excludes halogenated alkanes) is 8. The summed E-state index contributed by atoms with van der Waals surface area (Å²) in [6.07, 6.45) is 11.5. The number of nitrogens with zero attached hydrogens (tertiary/aromatic N) is 2. The Morgan fingerprint density at radius 1 is 0.885 bits per heavy atom. The van der Waals surface area contributed by atoms with Crippen molar-refractivity contribution in [1.82, 2.24) is 0 Å². The molecular weight excluding hydrogens is 340 g/mol. The summed E-state index contributed by atoms with van der Waals surface area (Å²) >= 11 is 0. The molecule has 26 heavy (non-hydrogen) atoms. The molecule has 0 radical (unpaired) electrons. The van der Waals surface area contributed by atoms with Crippen LogP contribution in [0.4, 0.5) is 0 Å². The first-order valence-corrected chi connectivity index (χ1v) is 9.56. The second kappa shape index (κ2) is 15.3. The van der Waals surface area contributed by atoms with Gasteiger partial charge in [-0.15, -0.1) is 0 Å². The van der Waals surface area contributed by atoms with Crippen molar-refractivity contribution in [1.29, 1.82) is 0 Å². The summed E-state index contributed by atoms with van der Waals surface area (Å²) < 4.78 is 0. The number of allylic oxidation sites excluding steroid dienone is 1. The summed E-state index contributed by atoms with van der Waals surface area (Å²) in [5, 5.41) is 31.0. The third-order valence-corrected chi connectivity index (χ3v) is 4.47. The molecule has 0 saturated heterocycles. The molecule has 8 nitrogen and oxygen atoms in total. The fourth-order valence-electron chi connectivity index (χ4n) is 2.99. The lowest BCUT2D eigenvalue weighted by atomic mass is 9.96. The lowest BCUT2D eigenvalue weighted by Crippen LogP contribution is -2.39. The molecule has 0 amide bonds.